The number of hydrogen-bond donors (Lipinski definition) is 6. The fraction of sp³-hybridized carbons (Fsp3) is 0.413. The van der Waals surface area contributed by atoms with E-state index in [9.17, 15) is 41.1 Å². The molecule has 15 nitrogen and oxygen atoms in total. The van der Waals surface area contributed by atoms with Gasteiger partial charge < -0.3 is 41.4 Å². The highest BCUT2D eigenvalue weighted by atomic mass is 35.5. The molecule has 2 fully saturated rings. The smallest absolute Gasteiger partial charge is 0.484 e. The van der Waals surface area contributed by atoms with Gasteiger partial charge in [0.05, 0.1) is 15.6 Å². The predicted molar refractivity (Wildman–Crippen MR) is 248 cm³/mol. The average molecular weight is 1010 g/mol. The van der Waals surface area contributed by atoms with E-state index in [1.54, 1.807) is 25.3 Å². The number of hydrogen-bond acceptors (Lipinski definition) is 10. The van der Waals surface area contributed by atoms with E-state index < -0.39 is 29.7 Å². The molecule has 2 aliphatic rings. The molecular formula is C46H59Cl2F5N6O9. The Labute approximate surface area is 403 Å². The second-order valence-corrected chi connectivity index (χ2v) is 16.5. The molecule has 0 atom stereocenters. The van der Waals surface area contributed by atoms with Crippen molar-refractivity contribution in [2.24, 2.45) is 17.6 Å². The van der Waals surface area contributed by atoms with Crippen molar-refractivity contribution in [1.29, 1.82) is 0 Å². The lowest BCUT2D eigenvalue weighted by Crippen LogP contribution is -2.41. The molecule has 2 aromatic heterocycles. The zero-order valence-corrected chi connectivity index (χ0v) is 38.6. The normalized spacial score (nSPS) is 17.4. The summed E-state index contributed by atoms with van der Waals surface area (Å²) in [7, 11) is 0. The van der Waals surface area contributed by atoms with Crippen LogP contribution < -0.4 is 31.2 Å². The van der Waals surface area contributed by atoms with Crippen LogP contribution in [0.25, 0.3) is 0 Å². The number of carbonyl (C=O) groups excluding carboxylic acids is 3. The number of rotatable bonds is 13. The van der Waals surface area contributed by atoms with Gasteiger partial charge in [-0.15, -0.1) is 0 Å². The standard InChI is InChI=1S/C22H25ClFN3O3.C15H20ClFN2O2.C7H7NO2.C2HF3O2.3H2/c1-14-10-16(8-9-25-14)22(29)26-12-15-2-4-17(5-3-15)27-21(28)13-30-18-6-7-19(23)20(24)11-18;16-13-6-5-12(7-14(13)17)21-9-15(20)19-11-3-1-10(8-18)2-4-11;1-5-4-6(7(9)10)2-3-8-5;3-2(4,5)1(6)7;;;/h6-11,15,17H,2-5,12-13H2,1H3,(H,26,29)(H,27,28);5-7,10-11H,1-4,8-9,18H2,(H,19,20);2-4H,1H3,(H,9,10);(H,6,7);3*1H. The lowest BCUT2D eigenvalue weighted by atomic mass is 9.86. The van der Waals surface area contributed by atoms with E-state index in [1.807, 2.05) is 6.92 Å². The number of carboxylic acids is 2. The number of aromatic nitrogens is 2. The van der Waals surface area contributed by atoms with Gasteiger partial charge in [-0.1, -0.05) is 23.2 Å². The number of aryl methyl sites for hydroxylation is 2. The number of nitrogens with one attached hydrogen (secondary N) is 3. The Hall–Kier alpha value is -6.12. The minimum atomic E-state index is -5.08. The van der Waals surface area contributed by atoms with Gasteiger partial charge in [0.25, 0.3) is 17.7 Å². The third-order valence-electron chi connectivity index (χ3n) is 10.4. The van der Waals surface area contributed by atoms with Crippen molar-refractivity contribution >= 4 is 52.9 Å². The molecule has 3 amide bonds. The number of alkyl halides is 3. The summed E-state index contributed by atoms with van der Waals surface area (Å²) in [5, 5.41) is 24.5. The Morgan fingerprint density at radius 1 is 0.691 bits per heavy atom. The largest absolute Gasteiger partial charge is 0.490 e. The van der Waals surface area contributed by atoms with Gasteiger partial charge in [0.1, 0.15) is 23.1 Å². The summed E-state index contributed by atoms with van der Waals surface area (Å²) < 4.78 is 68.9. The van der Waals surface area contributed by atoms with Crippen molar-refractivity contribution < 1.29 is 69.9 Å². The summed E-state index contributed by atoms with van der Waals surface area (Å²) in [6.45, 7) is 4.63. The zero-order chi connectivity index (χ0) is 50.4. The van der Waals surface area contributed by atoms with Crippen LogP contribution in [-0.2, 0) is 14.4 Å². The van der Waals surface area contributed by atoms with Crippen LogP contribution in [0.15, 0.2) is 73.1 Å². The monoisotopic (exact) mass is 1000 g/mol. The highest BCUT2D eigenvalue weighted by molar-refractivity contribution is 6.31. The number of amides is 3. The zero-order valence-electron chi connectivity index (χ0n) is 37.1. The number of aromatic carboxylic acids is 1. The van der Waals surface area contributed by atoms with Gasteiger partial charge in [-0.05, 0) is 132 Å². The van der Waals surface area contributed by atoms with E-state index in [1.165, 1.54) is 48.7 Å². The van der Waals surface area contributed by atoms with Gasteiger partial charge in [-0.2, -0.15) is 13.2 Å². The van der Waals surface area contributed by atoms with Crippen molar-refractivity contribution in [2.45, 2.75) is 83.5 Å². The lowest BCUT2D eigenvalue weighted by Gasteiger charge is -2.29. The first-order valence-electron chi connectivity index (χ1n) is 21.2. The van der Waals surface area contributed by atoms with Crippen molar-refractivity contribution in [2.75, 3.05) is 26.3 Å². The van der Waals surface area contributed by atoms with Crippen molar-refractivity contribution in [1.82, 2.24) is 25.9 Å². The van der Waals surface area contributed by atoms with Crippen LogP contribution in [0, 0.1) is 37.3 Å². The molecule has 6 rings (SSSR count). The first kappa shape index (κ1) is 56.2. The van der Waals surface area contributed by atoms with Gasteiger partial charge in [-0.3, -0.25) is 24.4 Å². The third-order valence-corrected chi connectivity index (χ3v) is 11.0. The van der Waals surface area contributed by atoms with Crippen LogP contribution in [0.1, 0.15) is 87.8 Å². The second-order valence-electron chi connectivity index (χ2n) is 15.7. The van der Waals surface area contributed by atoms with E-state index in [0.717, 1.165) is 68.8 Å². The molecule has 2 aromatic carbocycles. The van der Waals surface area contributed by atoms with E-state index >= 15 is 0 Å². The van der Waals surface area contributed by atoms with Crippen molar-refractivity contribution in [3.05, 3.63) is 117 Å². The Kier molecular flexibility index (Phi) is 23.4. The molecule has 0 bridgehead atoms. The molecule has 2 heterocycles. The molecule has 0 unspecified atom stereocenters. The fourth-order valence-corrected chi connectivity index (χ4v) is 6.96. The number of pyridine rings is 2. The molecule has 0 radical (unpaired) electrons. The molecule has 7 N–H and O–H groups in total. The highest BCUT2D eigenvalue weighted by Crippen LogP contribution is 2.26. The quantitative estimate of drug-likeness (QED) is 0.0692. The first-order chi connectivity index (χ1) is 32.1. The Morgan fingerprint density at radius 3 is 1.47 bits per heavy atom. The molecule has 22 heteroatoms. The summed E-state index contributed by atoms with van der Waals surface area (Å²) in [6.07, 6.45) is 5.55. The van der Waals surface area contributed by atoms with Crippen LogP contribution in [0.4, 0.5) is 22.0 Å². The van der Waals surface area contributed by atoms with Gasteiger partial charge in [-0.25, -0.2) is 18.4 Å². The van der Waals surface area contributed by atoms with E-state index in [4.69, 9.17) is 53.4 Å². The maximum atomic E-state index is 13.4. The van der Waals surface area contributed by atoms with E-state index in [-0.39, 0.29) is 68.7 Å². The highest BCUT2D eigenvalue weighted by Gasteiger charge is 2.38. The molecule has 2 aliphatic carbocycles. The van der Waals surface area contributed by atoms with Crippen LogP contribution in [0.2, 0.25) is 10.0 Å². The number of nitrogens with two attached hydrogens (primary N) is 1. The molecular weight excluding hydrogens is 946 g/mol. The van der Waals surface area contributed by atoms with E-state index in [0.29, 0.717) is 36.2 Å². The summed E-state index contributed by atoms with van der Waals surface area (Å²) in [5.74, 6) is -3.82. The van der Waals surface area contributed by atoms with Gasteiger partial charge in [0.15, 0.2) is 13.2 Å². The topological polar surface area (TPSA) is 232 Å². The van der Waals surface area contributed by atoms with Crippen LogP contribution in [0.5, 0.6) is 11.5 Å². The van der Waals surface area contributed by atoms with Crippen LogP contribution in [-0.4, -0.2) is 94.4 Å². The number of benzene rings is 2. The predicted octanol–water partition coefficient (Wildman–Crippen LogP) is 8.62. The first-order valence-corrected chi connectivity index (χ1v) is 22.0. The molecule has 376 valence electrons. The number of carboxylic acid groups (broad SMARTS) is 2. The molecule has 0 saturated heterocycles. The molecule has 4 aromatic rings. The third kappa shape index (κ3) is 21.2. The van der Waals surface area contributed by atoms with Gasteiger partial charge in [0, 0.05) is 64.4 Å². The van der Waals surface area contributed by atoms with Crippen LogP contribution in [0.3, 0.4) is 0 Å². The second kappa shape index (κ2) is 28.3. The molecule has 0 spiro atoms. The maximum absolute atomic E-state index is 13.4. The summed E-state index contributed by atoms with van der Waals surface area (Å²) in [5.41, 5.74) is 8.07. The summed E-state index contributed by atoms with van der Waals surface area (Å²) >= 11 is 11.2. The van der Waals surface area contributed by atoms with Crippen LogP contribution >= 0.6 is 23.2 Å². The minimum absolute atomic E-state index is 0. The number of nitrogens with zero attached hydrogens (tertiary/aromatic N) is 2. The van der Waals surface area contributed by atoms with E-state index in [2.05, 4.69) is 25.9 Å². The lowest BCUT2D eigenvalue weighted by molar-refractivity contribution is -0.192. The van der Waals surface area contributed by atoms with Gasteiger partial charge >= 0.3 is 18.1 Å². The molecule has 2 saturated carbocycles. The Bertz CT molecular complexity index is 2310. The SMILES string of the molecule is Cc1cc(C(=O)NCC2CCC(NC(=O)COc3ccc(Cl)c(F)c3)CC2)ccn1.Cc1cc(C(=O)O)ccn1.NCC1CCC(NC(=O)COc2ccc(Cl)c(F)c2)CC1.O=C(O)C(F)(F)F.[HH].[HH].[HH]. The average Bonchev–Trinajstić information content (AvgIpc) is 3.30. The number of aliphatic carboxylic acids is 1. The Balaban J connectivity index is 0.00000103. The minimum Gasteiger partial charge on any atom is -0.484 e. The molecule has 68 heavy (non-hydrogen) atoms. The maximum Gasteiger partial charge on any atom is 0.490 e. The van der Waals surface area contributed by atoms with Crippen molar-refractivity contribution in [3.8, 4) is 11.5 Å². The number of halogens is 7. The fourth-order valence-electron chi connectivity index (χ4n) is 6.73. The van der Waals surface area contributed by atoms with Crippen molar-refractivity contribution in [3.63, 3.8) is 0 Å². The number of carbonyl (C=O) groups is 5. The summed E-state index contributed by atoms with van der Waals surface area (Å²) in [6, 6.07) is 14.9. The Morgan fingerprint density at radius 2 is 1.10 bits per heavy atom. The number of ether oxygens (including phenoxy) is 2. The summed E-state index contributed by atoms with van der Waals surface area (Å²) in [4.78, 5) is 63.3. The van der Waals surface area contributed by atoms with Gasteiger partial charge in [0.2, 0.25) is 0 Å². The molecule has 0 aliphatic heterocycles.